The molecule has 1 aromatic rings. The summed E-state index contributed by atoms with van der Waals surface area (Å²) in [4.78, 5) is 1.06. The van der Waals surface area contributed by atoms with E-state index in [4.69, 9.17) is 12.2 Å². The first kappa shape index (κ1) is 6.85. The minimum Gasteiger partial charge on any atom is -0.275 e. The molecule has 1 aliphatic rings. The average molecular weight is 166 g/mol. The summed E-state index contributed by atoms with van der Waals surface area (Å²) < 4.78 is 2.05. The second-order valence-electron chi connectivity index (χ2n) is 2.68. The van der Waals surface area contributed by atoms with Gasteiger partial charge in [-0.25, -0.2) is 0 Å². The van der Waals surface area contributed by atoms with Crippen molar-refractivity contribution in [2.75, 3.05) is 11.6 Å². The van der Waals surface area contributed by atoms with Gasteiger partial charge in [0, 0.05) is 25.4 Å². The summed E-state index contributed by atoms with van der Waals surface area (Å²) >= 11 is 5.19. The third-order valence-corrected chi connectivity index (χ3v) is 2.33. The van der Waals surface area contributed by atoms with Crippen LogP contribution in [0.4, 0.5) is 0 Å². The topological polar surface area (TPSA) is 8.17 Å². The second-order valence-corrected chi connectivity index (χ2v) is 3.15. The molecule has 2 rings (SSSR count). The van der Waals surface area contributed by atoms with E-state index in [1.165, 1.54) is 6.42 Å². The molecule has 0 unspecified atom stereocenters. The first-order valence-corrected chi connectivity index (χ1v) is 4.22. The smallest absolute Gasteiger partial charge is 0.0978 e. The van der Waals surface area contributed by atoms with Gasteiger partial charge in [-0.2, -0.15) is 0 Å². The van der Waals surface area contributed by atoms with Gasteiger partial charge in [0.25, 0.3) is 0 Å². The lowest BCUT2D eigenvalue weighted by atomic mass is 10.4. The van der Waals surface area contributed by atoms with Crippen molar-refractivity contribution >= 4 is 17.2 Å². The van der Waals surface area contributed by atoms with Gasteiger partial charge in [0.15, 0.2) is 0 Å². The lowest BCUT2D eigenvalue weighted by Gasteiger charge is -2.18. The molecule has 0 spiro atoms. The summed E-state index contributed by atoms with van der Waals surface area (Å²) in [5.74, 6) is 0. The second kappa shape index (κ2) is 2.66. The van der Waals surface area contributed by atoms with E-state index >= 15 is 0 Å². The molecule has 0 saturated carbocycles. The first-order valence-electron chi connectivity index (χ1n) is 3.81. The third-order valence-electron chi connectivity index (χ3n) is 1.92. The molecule has 0 aromatic carbocycles. The highest BCUT2D eigenvalue weighted by molar-refractivity contribution is 7.80. The highest BCUT2D eigenvalue weighted by Crippen LogP contribution is 2.10. The van der Waals surface area contributed by atoms with Gasteiger partial charge in [-0.05, 0) is 18.6 Å². The molecular formula is C8H10N2S. The molecule has 0 bridgehead atoms. The molecular weight excluding hydrogens is 156 g/mol. The summed E-state index contributed by atoms with van der Waals surface area (Å²) in [7, 11) is 0. The molecule has 58 valence electrons. The van der Waals surface area contributed by atoms with Crippen LogP contribution in [0.1, 0.15) is 12.8 Å². The van der Waals surface area contributed by atoms with Crippen LogP contribution in [0.15, 0.2) is 24.5 Å². The SMILES string of the molecule is S=C1CCCN1n1cccc1. The monoisotopic (exact) mass is 166 g/mol. The van der Waals surface area contributed by atoms with Crippen molar-refractivity contribution < 1.29 is 0 Å². The molecule has 3 heteroatoms. The van der Waals surface area contributed by atoms with Crippen molar-refractivity contribution in [3.05, 3.63) is 24.5 Å². The molecule has 0 amide bonds. The van der Waals surface area contributed by atoms with Crippen LogP contribution in [0.2, 0.25) is 0 Å². The van der Waals surface area contributed by atoms with Crippen LogP contribution >= 0.6 is 12.2 Å². The van der Waals surface area contributed by atoms with Gasteiger partial charge in [0.05, 0.1) is 4.99 Å². The Morgan fingerprint density at radius 3 is 2.55 bits per heavy atom. The summed E-state index contributed by atoms with van der Waals surface area (Å²) in [6.07, 6.45) is 6.31. The summed E-state index contributed by atoms with van der Waals surface area (Å²) in [6, 6.07) is 4.03. The maximum atomic E-state index is 5.19. The van der Waals surface area contributed by atoms with E-state index in [9.17, 15) is 0 Å². The van der Waals surface area contributed by atoms with Crippen LogP contribution in [0.25, 0.3) is 0 Å². The number of hydrogen-bond acceptors (Lipinski definition) is 1. The number of rotatable bonds is 1. The molecule has 11 heavy (non-hydrogen) atoms. The van der Waals surface area contributed by atoms with Crippen LogP contribution in [-0.2, 0) is 0 Å². The maximum absolute atomic E-state index is 5.19. The first-order chi connectivity index (χ1) is 5.38. The molecule has 0 aliphatic carbocycles. The van der Waals surface area contributed by atoms with E-state index in [1.54, 1.807) is 0 Å². The molecule has 1 aliphatic heterocycles. The Balaban J connectivity index is 2.23. The fraction of sp³-hybridized carbons (Fsp3) is 0.375. The third kappa shape index (κ3) is 1.16. The van der Waals surface area contributed by atoms with Crippen LogP contribution in [0.3, 0.4) is 0 Å². The van der Waals surface area contributed by atoms with E-state index in [-0.39, 0.29) is 0 Å². The van der Waals surface area contributed by atoms with Gasteiger partial charge in [-0.15, -0.1) is 0 Å². The fourth-order valence-corrected chi connectivity index (χ4v) is 1.69. The van der Waals surface area contributed by atoms with Gasteiger partial charge < -0.3 is 0 Å². The minimum absolute atomic E-state index is 1.06. The predicted octanol–water partition coefficient (Wildman–Crippen LogP) is 1.55. The Labute approximate surface area is 71.4 Å². The minimum atomic E-state index is 1.06. The van der Waals surface area contributed by atoms with Crippen molar-refractivity contribution in [3.8, 4) is 0 Å². The standard InChI is InChI=1S/C8H10N2S/c11-8-4-3-7-10(8)9-5-1-2-6-9/h1-2,5-6H,3-4,7H2. The predicted molar refractivity (Wildman–Crippen MR) is 49.3 cm³/mol. The van der Waals surface area contributed by atoms with Gasteiger partial charge in [0.1, 0.15) is 0 Å². The highest BCUT2D eigenvalue weighted by Gasteiger charge is 2.16. The van der Waals surface area contributed by atoms with Crippen LogP contribution in [0, 0.1) is 0 Å². The lowest BCUT2D eigenvalue weighted by molar-refractivity contribution is 0.746. The molecule has 1 fully saturated rings. The summed E-state index contributed by atoms with van der Waals surface area (Å²) in [5.41, 5.74) is 0. The van der Waals surface area contributed by atoms with E-state index in [2.05, 4.69) is 9.69 Å². The van der Waals surface area contributed by atoms with Gasteiger partial charge in [-0.1, -0.05) is 12.2 Å². The maximum Gasteiger partial charge on any atom is 0.0978 e. The Hall–Kier alpha value is -0.830. The fourth-order valence-electron chi connectivity index (χ4n) is 1.36. The van der Waals surface area contributed by atoms with E-state index in [1.807, 2.05) is 24.5 Å². The van der Waals surface area contributed by atoms with Crippen LogP contribution in [0.5, 0.6) is 0 Å². The largest absolute Gasteiger partial charge is 0.275 e. The Bertz CT molecular complexity index is 253. The Morgan fingerprint density at radius 2 is 2.00 bits per heavy atom. The van der Waals surface area contributed by atoms with Gasteiger partial charge in [0.2, 0.25) is 0 Å². The molecule has 1 aromatic heterocycles. The quantitative estimate of drug-likeness (QED) is 0.585. The van der Waals surface area contributed by atoms with E-state index < -0.39 is 0 Å². The zero-order chi connectivity index (χ0) is 7.68. The van der Waals surface area contributed by atoms with Crippen LogP contribution in [-0.4, -0.2) is 16.2 Å². The zero-order valence-corrected chi connectivity index (χ0v) is 7.05. The van der Waals surface area contributed by atoms with E-state index in [0.717, 1.165) is 18.0 Å². The van der Waals surface area contributed by atoms with Gasteiger partial charge >= 0.3 is 0 Å². The van der Waals surface area contributed by atoms with Crippen LogP contribution < -0.4 is 5.01 Å². The van der Waals surface area contributed by atoms with Crippen molar-refractivity contribution in [2.45, 2.75) is 12.8 Å². The number of nitrogens with zero attached hydrogens (tertiary/aromatic N) is 2. The van der Waals surface area contributed by atoms with E-state index in [0.29, 0.717) is 0 Å². The normalized spacial score (nSPS) is 17.8. The molecule has 0 radical (unpaired) electrons. The number of thiocarbonyl (C=S) groups is 1. The van der Waals surface area contributed by atoms with Crippen molar-refractivity contribution in [2.24, 2.45) is 0 Å². The van der Waals surface area contributed by atoms with Crippen molar-refractivity contribution in [3.63, 3.8) is 0 Å². The molecule has 2 heterocycles. The average Bonchev–Trinajstić information content (AvgIpc) is 2.55. The molecule has 2 nitrogen and oxygen atoms in total. The lowest BCUT2D eigenvalue weighted by Crippen LogP contribution is -2.33. The number of hydrogen-bond donors (Lipinski definition) is 0. The Morgan fingerprint density at radius 1 is 1.27 bits per heavy atom. The highest BCUT2D eigenvalue weighted by atomic mass is 32.1. The molecule has 0 atom stereocenters. The number of aromatic nitrogens is 1. The summed E-state index contributed by atoms with van der Waals surface area (Å²) in [6.45, 7) is 1.06. The summed E-state index contributed by atoms with van der Waals surface area (Å²) in [5, 5.41) is 2.13. The Kier molecular flexibility index (Phi) is 1.66. The molecule has 0 N–H and O–H groups in total. The zero-order valence-electron chi connectivity index (χ0n) is 6.23. The van der Waals surface area contributed by atoms with Gasteiger partial charge in [-0.3, -0.25) is 9.69 Å². The molecule has 1 saturated heterocycles. The van der Waals surface area contributed by atoms with Crippen molar-refractivity contribution in [1.82, 2.24) is 4.68 Å². The van der Waals surface area contributed by atoms with Crippen molar-refractivity contribution in [1.29, 1.82) is 0 Å².